The summed E-state index contributed by atoms with van der Waals surface area (Å²) in [5.41, 5.74) is 0.649. The van der Waals surface area contributed by atoms with Crippen LogP contribution in [0.3, 0.4) is 0 Å². The molecule has 4 rings (SSSR count). The highest BCUT2D eigenvalue weighted by molar-refractivity contribution is 6.04. The number of amides is 1. The third-order valence-corrected chi connectivity index (χ3v) is 4.86. The molecule has 0 bridgehead atoms. The van der Waals surface area contributed by atoms with Crippen LogP contribution in [0.2, 0.25) is 0 Å². The molecule has 0 aliphatic rings. The molecule has 4 aromatic rings. The monoisotopic (exact) mass is 473 g/mol. The zero-order chi connectivity index (χ0) is 24.2. The Balaban J connectivity index is 1.36. The summed E-state index contributed by atoms with van der Waals surface area (Å²) < 4.78 is 73.7. The van der Waals surface area contributed by atoms with E-state index in [1.165, 1.54) is 36.7 Å². The molecule has 0 fully saturated rings. The molecule has 0 aliphatic heterocycles. The quantitative estimate of drug-likeness (QED) is 0.220. The van der Waals surface area contributed by atoms with E-state index in [0.29, 0.717) is 11.3 Å². The summed E-state index contributed by atoms with van der Waals surface area (Å²) in [7, 11) is 0. The van der Waals surface area contributed by atoms with Crippen molar-refractivity contribution in [2.45, 2.75) is 13.2 Å². The average molecular weight is 473 g/mol. The van der Waals surface area contributed by atoms with E-state index in [4.69, 9.17) is 4.74 Å². The topological polar surface area (TPSA) is 56.2 Å². The molecular weight excluding hydrogens is 457 g/mol. The van der Waals surface area contributed by atoms with Gasteiger partial charge in [0.2, 0.25) is 0 Å². The zero-order valence-corrected chi connectivity index (χ0v) is 17.4. The number of hydrogen-bond donors (Lipinski definition) is 1. The van der Waals surface area contributed by atoms with Crippen molar-refractivity contribution in [2.24, 2.45) is 0 Å². The van der Waals surface area contributed by atoms with E-state index in [0.717, 1.165) is 10.2 Å². The highest BCUT2D eigenvalue weighted by Gasteiger charge is 2.19. The lowest BCUT2D eigenvalue weighted by Gasteiger charge is -2.08. The number of anilines is 1. The largest absolute Gasteiger partial charge is 0.489 e. The average Bonchev–Trinajstić information content (AvgIpc) is 3.27. The van der Waals surface area contributed by atoms with E-state index in [2.05, 4.69) is 10.4 Å². The van der Waals surface area contributed by atoms with Gasteiger partial charge in [0.1, 0.15) is 24.0 Å². The van der Waals surface area contributed by atoms with Crippen LogP contribution in [0.4, 0.5) is 27.6 Å². The van der Waals surface area contributed by atoms with Crippen molar-refractivity contribution in [1.29, 1.82) is 0 Å². The number of ether oxygens (including phenoxy) is 1. The number of aromatic nitrogens is 2. The van der Waals surface area contributed by atoms with Crippen LogP contribution >= 0.6 is 0 Å². The summed E-state index contributed by atoms with van der Waals surface area (Å²) in [6.45, 7) is -0.287. The van der Waals surface area contributed by atoms with E-state index in [1.807, 2.05) is 0 Å². The van der Waals surface area contributed by atoms with E-state index < -0.39 is 41.3 Å². The van der Waals surface area contributed by atoms with Crippen molar-refractivity contribution < 1.29 is 31.5 Å². The predicted octanol–water partition coefficient (Wildman–Crippen LogP) is 5.46. The molecular formula is C24H16F5N3O2. The Hall–Kier alpha value is -4.21. The van der Waals surface area contributed by atoms with Crippen LogP contribution in [0.25, 0.3) is 0 Å². The van der Waals surface area contributed by atoms with Crippen LogP contribution in [0.15, 0.2) is 67.0 Å². The van der Waals surface area contributed by atoms with Crippen molar-refractivity contribution in [3.8, 4) is 5.75 Å². The first-order chi connectivity index (χ1) is 16.3. The SMILES string of the molecule is O=C(Nc1cnn(Cc2c(F)cc(F)c(F)c2F)c1)c1ccc(COc2ccc(F)cc2)cc1. The minimum Gasteiger partial charge on any atom is -0.489 e. The van der Waals surface area contributed by atoms with E-state index in [1.54, 1.807) is 24.3 Å². The number of hydrogen-bond acceptors (Lipinski definition) is 3. The fourth-order valence-electron chi connectivity index (χ4n) is 3.08. The number of nitrogens with one attached hydrogen (secondary N) is 1. The number of carbonyl (C=O) groups excluding carboxylic acids is 1. The van der Waals surface area contributed by atoms with Crippen molar-refractivity contribution in [1.82, 2.24) is 9.78 Å². The molecule has 0 radical (unpaired) electrons. The third kappa shape index (κ3) is 5.22. The Morgan fingerprint density at radius 3 is 2.32 bits per heavy atom. The predicted molar refractivity (Wildman–Crippen MR) is 113 cm³/mol. The summed E-state index contributed by atoms with van der Waals surface area (Å²) in [5.74, 6) is -6.61. The van der Waals surface area contributed by atoms with Crippen molar-refractivity contribution in [3.63, 3.8) is 0 Å². The minimum absolute atomic E-state index is 0.220. The lowest BCUT2D eigenvalue weighted by atomic mass is 10.1. The molecule has 34 heavy (non-hydrogen) atoms. The fraction of sp³-hybridized carbons (Fsp3) is 0.0833. The first-order valence-electron chi connectivity index (χ1n) is 9.93. The van der Waals surface area contributed by atoms with Crippen LogP contribution < -0.4 is 10.1 Å². The molecule has 1 N–H and O–H groups in total. The molecule has 1 amide bonds. The molecule has 1 aromatic heterocycles. The molecule has 174 valence electrons. The maximum atomic E-state index is 13.9. The molecule has 1 heterocycles. The first-order valence-corrected chi connectivity index (χ1v) is 9.93. The molecule has 0 unspecified atom stereocenters. The van der Waals surface area contributed by atoms with Gasteiger partial charge in [0, 0.05) is 23.4 Å². The lowest BCUT2D eigenvalue weighted by molar-refractivity contribution is 0.102. The summed E-state index contributed by atoms with van der Waals surface area (Å²) in [6.07, 6.45) is 2.54. The van der Waals surface area contributed by atoms with Crippen LogP contribution in [0, 0.1) is 29.1 Å². The van der Waals surface area contributed by atoms with Gasteiger partial charge in [-0.25, -0.2) is 22.0 Å². The molecule has 5 nitrogen and oxygen atoms in total. The second kappa shape index (κ2) is 9.74. The van der Waals surface area contributed by atoms with Gasteiger partial charge in [0.05, 0.1) is 18.4 Å². The third-order valence-electron chi connectivity index (χ3n) is 4.86. The minimum atomic E-state index is -1.77. The van der Waals surface area contributed by atoms with Gasteiger partial charge >= 0.3 is 0 Å². The second-order valence-electron chi connectivity index (χ2n) is 7.27. The van der Waals surface area contributed by atoms with Gasteiger partial charge in [-0.05, 0) is 42.0 Å². The van der Waals surface area contributed by atoms with E-state index in [9.17, 15) is 26.7 Å². The van der Waals surface area contributed by atoms with Gasteiger partial charge < -0.3 is 10.1 Å². The van der Waals surface area contributed by atoms with Gasteiger partial charge in [-0.3, -0.25) is 9.48 Å². The second-order valence-corrected chi connectivity index (χ2v) is 7.27. The van der Waals surface area contributed by atoms with Gasteiger partial charge in [0.25, 0.3) is 5.91 Å². The maximum absolute atomic E-state index is 13.9. The normalized spacial score (nSPS) is 10.9. The number of benzene rings is 3. The molecule has 0 aliphatic carbocycles. The maximum Gasteiger partial charge on any atom is 0.255 e. The summed E-state index contributed by atoms with van der Waals surface area (Å²) in [6, 6.07) is 12.4. The van der Waals surface area contributed by atoms with Gasteiger partial charge in [-0.1, -0.05) is 12.1 Å². The highest BCUT2D eigenvalue weighted by atomic mass is 19.2. The zero-order valence-electron chi connectivity index (χ0n) is 17.4. The number of rotatable bonds is 7. The molecule has 0 saturated carbocycles. The van der Waals surface area contributed by atoms with Crippen molar-refractivity contribution in [2.75, 3.05) is 5.32 Å². The lowest BCUT2D eigenvalue weighted by Crippen LogP contribution is -2.12. The summed E-state index contributed by atoms with van der Waals surface area (Å²) in [4.78, 5) is 12.5. The van der Waals surface area contributed by atoms with Crippen LogP contribution in [-0.2, 0) is 13.2 Å². The van der Waals surface area contributed by atoms with E-state index in [-0.39, 0.29) is 24.2 Å². The Bertz CT molecular complexity index is 1320. The smallest absolute Gasteiger partial charge is 0.255 e. The molecule has 3 aromatic carbocycles. The first kappa shape index (κ1) is 23.0. The van der Waals surface area contributed by atoms with E-state index >= 15 is 0 Å². The van der Waals surface area contributed by atoms with Gasteiger partial charge in [-0.15, -0.1) is 0 Å². The van der Waals surface area contributed by atoms with Crippen molar-refractivity contribution >= 4 is 11.6 Å². The Labute approximate surface area is 190 Å². The summed E-state index contributed by atoms with van der Waals surface area (Å²) in [5, 5.41) is 6.46. The number of halogens is 5. The standard InChI is InChI=1S/C24H16F5N3O2/c25-16-5-7-18(8-6-16)34-13-14-1-3-15(4-2-14)24(33)31-17-10-30-32(11-17)12-19-20(26)9-21(27)23(29)22(19)28/h1-11H,12-13H2,(H,31,33). The fourth-order valence-corrected chi connectivity index (χ4v) is 3.08. The molecule has 0 saturated heterocycles. The molecule has 0 spiro atoms. The Morgan fingerprint density at radius 1 is 0.912 bits per heavy atom. The molecule has 0 atom stereocenters. The Morgan fingerprint density at radius 2 is 1.62 bits per heavy atom. The van der Waals surface area contributed by atoms with Gasteiger partial charge in [-0.2, -0.15) is 5.10 Å². The number of nitrogens with zero attached hydrogens (tertiary/aromatic N) is 2. The van der Waals surface area contributed by atoms with Crippen LogP contribution in [-0.4, -0.2) is 15.7 Å². The van der Waals surface area contributed by atoms with Gasteiger partial charge in [0.15, 0.2) is 17.5 Å². The highest BCUT2D eigenvalue weighted by Crippen LogP contribution is 2.21. The van der Waals surface area contributed by atoms with Crippen LogP contribution in [0.5, 0.6) is 5.75 Å². The van der Waals surface area contributed by atoms with Crippen LogP contribution in [0.1, 0.15) is 21.5 Å². The number of carbonyl (C=O) groups is 1. The summed E-state index contributed by atoms with van der Waals surface area (Å²) >= 11 is 0. The molecule has 10 heteroatoms. The Kier molecular flexibility index (Phi) is 6.58. The van der Waals surface area contributed by atoms with Crippen molar-refractivity contribution in [3.05, 3.63) is 113 Å².